The van der Waals surface area contributed by atoms with Crippen LogP contribution in [0.2, 0.25) is 10.0 Å². The number of amides is 1. The molecule has 0 aliphatic heterocycles. The largest absolute Gasteiger partial charge is 0.467 e. The first-order valence-electron chi connectivity index (χ1n) is 11.3. The van der Waals surface area contributed by atoms with Gasteiger partial charge in [-0.05, 0) is 61.4 Å². The molecule has 0 radical (unpaired) electrons. The van der Waals surface area contributed by atoms with Gasteiger partial charge in [0.15, 0.2) is 0 Å². The molecule has 194 valence electrons. The van der Waals surface area contributed by atoms with Crippen molar-refractivity contribution in [2.45, 2.75) is 31.3 Å². The summed E-state index contributed by atoms with van der Waals surface area (Å²) in [6.07, 6.45) is 1.86. The molecule has 0 spiro atoms. The molecule has 1 amide bonds. The number of nitrogens with zero attached hydrogens (tertiary/aromatic N) is 2. The van der Waals surface area contributed by atoms with E-state index in [4.69, 9.17) is 32.4 Å². The minimum atomic E-state index is -4.17. The standard InChI is InChI=1S/C25H27Cl2FN2O5S/c1-2-34-13-4-12-30(36(32,33)24-15-20(26)8-11-23(24)27)18-25(31)29(17-22-5-3-14-35-22)16-19-6-9-21(28)10-7-19/h3,5-11,14-15H,2,4,12-13,16-18H2,1H3. The summed E-state index contributed by atoms with van der Waals surface area (Å²) in [4.78, 5) is 14.8. The molecule has 0 fully saturated rings. The lowest BCUT2D eigenvalue weighted by molar-refractivity contribution is -0.133. The Bertz CT molecular complexity index is 1240. The lowest BCUT2D eigenvalue weighted by Crippen LogP contribution is -2.43. The summed E-state index contributed by atoms with van der Waals surface area (Å²) in [6.45, 7) is 2.47. The van der Waals surface area contributed by atoms with Gasteiger partial charge in [0.2, 0.25) is 15.9 Å². The maximum absolute atomic E-state index is 13.6. The Morgan fingerprint density at radius 1 is 1.08 bits per heavy atom. The summed E-state index contributed by atoms with van der Waals surface area (Å²) in [7, 11) is -4.17. The number of hydrogen-bond donors (Lipinski definition) is 0. The second kappa shape index (κ2) is 13.2. The maximum Gasteiger partial charge on any atom is 0.245 e. The zero-order chi connectivity index (χ0) is 26.1. The molecule has 0 bridgehead atoms. The Balaban J connectivity index is 1.88. The zero-order valence-corrected chi connectivity index (χ0v) is 22.0. The Morgan fingerprint density at radius 2 is 1.83 bits per heavy atom. The lowest BCUT2D eigenvalue weighted by atomic mass is 10.2. The Labute approximate surface area is 220 Å². The van der Waals surface area contributed by atoms with E-state index >= 15 is 0 Å². The predicted octanol–water partition coefficient (Wildman–Crippen LogP) is 5.37. The molecule has 0 aliphatic carbocycles. The molecule has 0 unspecified atom stereocenters. The van der Waals surface area contributed by atoms with Gasteiger partial charge >= 0.3 is 0 Å². The number of hydrogen-bond acceptors (Lipinski definition) is 5. The summed E-state index contributed by atoms with van der Waals surface area (Å²) in [5.41, 5.74) is 0.681. The van der Waals surface area contributed by atoms with Gasteiger partial charge in [-0.15, -0.1) is 0 Å². The summed E-state index contributed by atoms with van der Waals surface area (Å²) in [5.74, 6) is -0.337. The first-order chi connectivity index (χ1) is 17.2. The smallest absolute Gasteiger partial charge is 0.245 e. The minimum Gasteiger partial charge on any atom is -0.467 e. The number of carbonyl (C=O) groups is 1. The molecule has 0 N–H and O–H groups in total. The van der Waals surface area contributed by atoms with E-state index in [9.17, 15) is 17.6 Å². The molecular weight excluding hydrogens is 530 g/mol. The van der Waals surface area contributed by atoms with Gasteiger partial charge < -0.3 is 14.1 Å². The average Bonchev–Trinajstić information content (AvgIpc) is 3.36. The number of carbonyl (C=O) groups excluding carboxylic acids is 1. The highest BCUT2D eigenvalue weighted by molar-refractivity contribution is 7.89. The van der Waals surface area contributed by atoms with Crippen LogP contribution in [-0.2, 0) is 32.6 Å². The van der Waals surface area contributed by atoms with Crippen molar-refractivity contribution in [3.8, 4) is 0 Å². The third-order valence-corrected chi connectivity index (χ3v) is 7.85. The van der Waals surface area contributed by atoms with Crippen molar-refractivity contribution >= 4 is 39.1 Å². The van der Waals surface area contributed by atoms with Crippen LogP contribution in [0.25, 0.3) is 0 Å². The fraction of sp³-hybridized carbons (Fsp3) is 0.320. The molecule has 7 nitrogen and oxygen atoms in total. The molecule has 3 rings (SSSR count). The molecular formula is C25H27Cl2FN2O5S. The van der Waals surface area contributed by atoms with E-state index in [2.05, 4.69) is 0 Å². The van der Waals surface area contributed by atoms with Crippen LogP contribution in [0, 0.1) is 5.82 Å². The topological polar surface area (TPSA) is 80.1 Å². The van der Waals surface area contributed by atoms with E-state index in [0.717, 1.165) is 4.31 Å². The highest BCUT2D eigenvalue weighted by atomic mass is 35.5. The van der Waals surface area contributed by atoms with Gasteiger partial charge in [-0.3, -0.25) is 4.79 Å². The number of ether oxygens (including phenoxy) is 1. The fourth-order valence-electron chi connectivity index (χ4n) is 3.47. The third kappa shape index (κ3) is 7.78. The molecule has 11 heteroatoms. The SMILES string of the molecule is CCOCCCN(CC(=O)N(Cc1ccc(F)cc1)Cc1ccco1)S(=O)(=O)c1cc(Cl)ccc1Cl. The molecule has 0 saturated heterocycles. The zero-order valence-electron chi connectivity index (χ0n) is 19.7. The Morgan fingerprint density at radius 3 is 2.50 bits per heavy atom. The number of rotatable bonds is 13. The van der Waals surface area contributed by atoms with Crippen LogP contribution < -0.4 is 0 Å². The molecule has 0 aliphatic rings. The van der Waals surface area contributed by atoms with E-state index < -0.39 is 28.3 Å². The molecule has 1 heterocycles. The quantitative estimate of drug-likeness (QED) is 0.264. The Kier molecular flexibility index (Phi) is 10.3. The molecule has 1 aromatic heterocycles. The lowest BCUT2D eigenvalue weighted by Gasteiger charge is -2.27. The highest BCUT2D eigenvalue weighted by Crippen LogP contribution is 2.28. The van der Waals surface area contributed by atoms with Gasteiger partial charge in [0.05, 0.1) is 24.4 Å². The van der Waals surface area contributed by atoms with E-state index in [0.29, 0.717) is 31.0 Å². The number of halogens is 3. The van der Waals surface area contributed by atoms with Gasteiger partial charge in [0.1, 0.15) is 16.5 Å². The van der Waals surface area contributed by atoms with Gasteiger partial charge in [0.25, 0.3) is 0 Å². The minimum absolute atomic E-state index is 0.000381. The summed E-state index contributed by atoms with van der Waals surface area (Å²) >= 11 is 12.2. The van der Waals surface area contributed by atoms with Crippen molar-refractivity contribution < 1.29 is 26.8 Å². The summed E-state index contributed by atoms with van der Waals surface area (Å²) < 4.78 is 52.3. The van der Waals surface area contributed by atoms with Crippen molar-refractivity contribution in [1.29, 1.82) is 0 Å². The first kappa shape index (κ1) is 28.1. The summed E-state index contributed by atoms with van der Waals surface area (Å²) in [6, 6.07) is 13.3. The summed E-state index contributed by atoms with van der Waals surface area (Å²) in [5, 5.41) is 0.203. The Hall–Kier alpha value is -2.43. The number of furan rings is 1. The number of sulfonamides is 1. The van der Waals surface area contributed by atoms with Crippen molar-refractivity contribution in [1.82, 2.24) is 9.21 Å². The van der Waals surface area contributed by atoms with E-state index in [1.54, 1.807) is 24.3 Å². The normalized spacial score (nSPS) is 11.7. The van der Waals surface area contributed by atoms with Crippen LogP contribution in [0.4, 0.5) is 4.39 Å². The highest BCUT2D eigenvalue weighted by Gasteiger charge is 2.30. The van der Waals surface area contributed by atoms with E-state index in [1.807, 2.05) is 6.92 Å². The molecule has 2 aromatic carbocycles. The number of benzene rings is 2. The van der Waals surface area contributed by atoms with Gasteiger partial charge in [-0.1, -0.05) is 35.3 Å². The van der Waals surface area contributed by atoms with Crippen LogP contribution in [0.5, 0.6) is 0 Å². The molecule has 3 aromatic rings. The molecule has 0 atom stereocenters. The second-order valence-corrected chi connectivity index (χ2v) is 10.7. The van der Waals surface area contributed by atoms with Gasteiger partial charge in [0, 0.05) is 31.3 Å². The first-order valence-corrected chi connectivity index (χ1v) is 13.5. The van der Waals surface area contributed by atoms with Crippen molar-refractivity contribution in [3.63, 3.8) is 0 Å². The van der Waals surface area contributed by atoms with Crippen LogP contribution in [0.15, 0.2) is 70.2 Å². The van der Waals surface area contributed by atoms with Gasteiger partial charge in [-0.2, -0.15) is 4.31 Å². The van der Waals surface area contributed by atoms with Crippen LogP contribution in [0.3, 0.4) is 0 Å². The second-order valence-electron chi connectivity index (χ2n) is 7.92. The fourth-order valence-corrected chi connectivity index (χ4v) is 5.63. The monoisotopic (exact) mass is 556 g/mol. The van der Waals surface area contributed by atoms with Crippen LogP contribution in [0.1, 0.15) is 24.7 Å². The van der Waals surface area contributed by atoms with Crippen molar-refractivity contribution in [2.24, 2.45) is 0 Å². The van der Waals surface area contributed by atoms with Crippen LogP contribution in [-0.4, -0.2) is 49.8 Å². The maximum atomic E-state index is 13.6. The average molecular weight is 557 g/mol. The van der Waals surface area contributed by atoms with Crippen molar-refractivity contribution in [3.05, 3.63) is 88.0 Å². The van der Waals surface area contributed by atoms with Crippen molar-refractivity contribution in [2.75, 3.05) is 26.3 Å². The molecule has 36 heavy (non-hydrogen) atoms. The third-order valence-electron chi connectivity index (χ3n) is 5.29. The van der Waals surface area contributed by atoms with E-state index in [1.165, 1.54) is 41.5 Å². The predicted molar refractivity (Wildman–Crippen MR) is 136 cm³/mol. The molecule has 0 saturated carbocycles. The van der Waals surface area contributed by atoms with Gasteiger partial charge in [-0.25, -0.2) is 12.8 Å². The van der Waals surface area contributed by atoms with Crippen LogP contribution >= 0.6 is 23.2 Å². The van der Waals surface area contributed by atoms with E-state index in [-0.39, 0.29) is 34.6 Å².